The molecule has 0 aliphatic carbocycles. The summed E-state index contributed by atoms with van der Waals surface area (Å²) in [6, 6.07) is 70.9. The van der Waals surface area contributed by atoms with E-state index in [9.17, 15) is 20.2 Å². The van der Waals surface area contributed by atoms with Crippen molar-refractivity contribution in [2.75, 3.05) is 0 Å². The first-order chi connectivity index (χ1) is 36.1. The van der Waals surface area contributed by atoms with Crippen LogP contribution in [-0.2, 0) is 0 Å². The highest BCUT2D eigenvalue weighted by molar-refractivity contribution is 6.92. The lowest BCUT2D eigenvalue weighted by molar-refractivity contribution is -0.384. The maximum Gasteiger partial charge on any atom is 0.495 e. The molecular formula is C61H46BN4O9P. The maximum absolute atomic E-state index is 11.6. The Morgan fingerprint density at radius 1 is 0.447 bits per heavy atom. The predicted octanol–water partition coefficient (Wildman–Crippen LogP) is 13.8. The third-order valence-electron chi connectivity index (χ3n) is 13.6. The molecule has 14 rings (SSSR count). The molecule has 0 fully saturated rings. The van der Waals surface area contributed by atoms with Crippen molar-refractivity contribution in [3.8, 4) is 22.5 Å². The normalized spacial score (nSPS) is 11.1. The summed E-state index contributed by atoms with van der Waals surface area (Å²) in [5.74, 6) is 0. The van der Waals surface area contributed by atoms with Crippen LogP contribution in [0.1, 0.15) is 5.56 Å². The molecule has 15 heteroatoms. The van der Waals surface area contributed by atoms with Gasteiger partial charge in [-0.25, -0.2) is 0 Å². The van der Waals surface area contributed by atoms with Gasteiger partial charge >= 0.3 is 7.12 Å². The van der Waals surface area contributed by atoms with E-state index in [0.29, 0.717) is 11.1 Å². The molecule has 0 bridgehead atoms. The van der Waals surface area contributed by atoms with Gasteiger partial charge in [-0.05, 0) is 103 Å². The lowest BCUT2D eigenvalue weighted by atomic mass is 9.79. The van der Waals surface area contributed by atoms with Crippen molar-refractivity contribution in [1.29, 1.82) is 0 Å². The lowest BCUT2D eigenvalue weighted by Crippen LogP contribution is -2.31. The van der Waals surface area contributed by atoms with Crippen LogP contribution in [0.3, 0.4) is 0 Å². The van der Waals surface area contributed by atoms with Gasteiger partial charge in [0.25, 0.3) is 11.4 Å². The highest BCUT2D eigenvalue weighted by Crippen LogP contribution is 2.43. The standard InChI is InChI=1S/C30H18N2O3.C25H17NO.C6H6BNO4.H2O.H3P/c33-32(34)26-13-7-4-10-21(26)19-14-15-22-23-16-17-27-29(30(23)35-28(22)18-19)24-11-5-6-12-25(24)31(27)20-8-2-1-3-9-20;1-16-11-12-18-19-13-14-22-24(25(19)27-23(18)15-16)20-9-5-6-10-21(20)26(22)17-7-3-2-4-8-17;9-7(10)5-3-1-2-4-6(5)8(11)12;;/h1-18H;2-15H,1H3;1-4,9-10H;1H2;1H3. The van der Waals surface area contributed by atoms with Gasteiger partial charge in [0, 0.05) is 55.8 Å². The molecule has 0 aliphatic rings. The summed E-state index contributed by atoms with van der Waals surface area (Å²) in [6.07, 6.45) is 0. The zero-order valence-corrected chi connectivity index (χ0v) is 42.1. The van der Waals surface area contributed by atoms with Crippen molar-refractivity contribution in [2.24, 2.45) is 0 Å². The number of hydrogen-bond acceptors (Lipinski definition) is 8. The molecule has 13 nitrogen and oxygen atoms in total. The Hall–Kier alpha value is -9.43. The van der Waals surface area contributed by atoms with E-state index in [1.165, 1.54) is 68.5 Å². The summed E-state index contributed by atoms with van der Waals surface area (Å²) >= 11 is 0. The quantitative estimate of drug-likeness (QED) is 0.0710. The molecular weight excluding hydrogens is 974 g/mol. The van der Waals surface area contributed by atoms with Crippen molar-refractivity contribution in [3.63, 3.8) is 0 Å². The van der Waals surface area contributed by atoms with Crippen molar-refractivity contribution in [1.82, 2.24) is 9.13 Å². The fraction of sp³-hybridized carbons (Fsp3) is 0.0164. The Balaban J connectivity index is 0.000000142. The van der Waals surface area contributed by atoms with Crippen LogP contribution < -0.4 is 5.46 Å². The van der Waals surface area contributed by atoms with Crippen molar-refractivity contribution < 1.29 is 34.2 Å². The Morgan fingerprint density at radius 3 is 1.39 bits per heavy atom. The van der Waals surface area contributed by atoms with Gasteiger partial charge in [-0.2, -0.15) is 9.90 Å². The third-order valence-corrected chi connectivity index (χ3v) is 13.6. The predicted molar refractivity (Wildman–Crippen MR) is 311 cm³/mol. The minimum absolute atomic E-state index is 0. The summed E-state index contributed by atoms with van der Waals surface area (Å²) in [5, 5.41) is 48.2. The highest BCUT2D eigenvalue weighted by atomic mass is 31.0. The zero-order chi connectivity index (χ0) is 50.6. The first kappa shape index (κ1) is 50.1. The van der Waals surface area contributed by atoms with Crippen LogP contribution >= 0.6 is 9.90 Å². The Kier molecular flexibility index (Phi) is 13.5. The number of aromatic nitrogens is 2. The van der Waals surface area contributed by atoms with E-state index in [0.717, 1.165) is 66.3 Å². The van der Waals surface area contributed by atoms with Crippen LogP contribution in [0.25, 0.3) is 110 Å². The molecule has 14 aromatic rings. The SMILES string of the molecule is Cc1ccc2c(c1)oc1c2ccc2c1c1ccccc1n2-c1ccccc1.O.O=[N+]([O-])c1ccccc1-c1ccc2c(c1)oc1c2ccc2c1c1ccccc1n2-c1ccccc1.O=[N+]([O-])c1ccccc1B(O)O.P. The summed E-state index contributed by atoms with van der Waals surface area (Å²) in [7, 11) is -1.80. The molecule has 1 unspecified atom stereocenters. The minimum atomic E-state index is -1.80. The fourth-order valence-corrected chi connectivity index (χ4v) is 10.3. The molecule has 4 heterocycles. The van der Waals surface area contributed by atoms with E-state index in [1.807, 2.05) is 48.5 Å². The molecule has 0 radical (unpaired) electrons. The Labute approximate surface area is 436 Å². The molecule has 4 N–H and O–H groups in total. The van der Waals surface area contributed by atoms with Crippen LogP contribution in [0.4, 0.5) is 11.4 Å². The van der Waals surface area contributed by atoms with E-state index in [4.69, 9.17) is 18.9 Å². The zero-order valence-electron chi connectivity index (χ0n) is 40.7. The molecule has 0 amide bonds. The van der Waals surface area contributed by atoms with Crippen molar-refractivity contribution in [2.45, 2.75) is 6.92 Å². The van der Waals surface area contributed by atoms with Gasteiger partial charge in [-0.1, -0.05) is 121 Å². The summed E-state index contributed by atoms with van der Waals surface area (Å²) in [6.45, 7) is 2.10. The van der Waals surface area contributed by atoms with E-state index in [1.54, 1.807) is 12.1 Å². The van der Waals surface area contributed by atoms with Gasteiger partial charge in [0.05, 0.1) is 53.7 Å². The van der Waals surface area contributed by atoms with Crippen LogP contribution in [-0.4, -0.2) is 41.6 Å². The molecule has 0 spiro atoms. The van der Waals surface area contributed by atoms with E-state index >= 15 is 0 Å². The van der Waals surface area contributed by atoms with Gasteiger partial charge in [-0.3, -0.25) is 20.2 Å². The van der Waals surface area contributed by atoms with Gasteiger partial charge in [-0.15, -0.1) is 0 Å². The number of furan rings is 2. The minimum Gasteiger partial charge on any atom is -0.455 e. The second-order valence-corrected chi connectivity index (χ2v) is 17.9. The number of para-hydroxylation sites is 6. The molecule has 10 aromatic carbocycles. The lowest BCUT2D eigenvalue weighted by Gasteiger charge is -2.07. The Bertz CT molecular complexity index is 4510. The third kappa shape index (κ3) is 8.56. The second-order valence-electron chi connectivity index (χ2n) is 17.9. The molecule has 76 heavy (non-hydrogen) atoms. The van der Waals surface area contributed by atoms with E-state index in [-0.39, 0.29) is 37.1 Å². The fourth-order valence-electron chi connectivity index (χ4n) is 10.3. The average molecular weight is 1020 g/mol. The summed E-state index contributed by atoms with van der Waals surface area (Å²) < 4.78 is 17.5. The van der Waals surface area contributed by atoms with Gasteiger partial charge < -0.3 is 33.5 Å². The van der Waals surface area contributed by atoms with Crippen LogP contribution in [0.2, 0.25) is 0 Å². The smallest absolute Gasteiger partial charge is 0.455 e. The van der Waals surface area contributed by atoms with E-state index in [2.05, 4.69) is 143 Å². The van der Waals surface area contributed by atoms with Gasteiger partial charge in [0.2, 0.25) is 0 Å². The van der Waals surface area contributed by atoms with Gasteiger partial charge in [0.1, 0.15) is 22.3 Å². The number of fused-ring (bicyclic) bond motifs is 14. The number of nitro groups is 2. The van der Waals surface area contributed by atoms with Crippen LogP contribution in [0.15, 0.2) is 227 Å². The van der Waals surface area contributed by atoms with Crippen molar-refractivity contribution in [3.05, 3.63) is 244 Å². The highest BCUT2D eigenvalue weighted by Gasteiger charge is 2.24. The van der Waals surface area contributed by atoms with Gasteiger partial charge in [0.15, 0.2) is 0 Å². The second kappa shape index (κ2) is 20.5. The maximum atomic E-state index is 11.6. The van der Waals surface area contributed by atoms with E-state index < -0.39 is 12.0 Å². The summed E-state index contributed by atoms with van der Waals surface area (Å²) in [5.41, 5.74) is 12.5. The van der Waals surface area contributed by atoms with Crippen LogP contribution in [0.5, 0.6) is 0 Å². The number of aryl methyl sites for hydroxylation is 1. The first-order valence-corrected chi connectivity index (χ1v) is 23.8. The Morgan fingerprint density at radius 2 is 0.882 bits per heavy atom. The number of rotatable bonds is 6. The number of nitro benzene ring substituents is 2. The van der Waals surface area contributed by atoms with Crippen LogP contribution in [0, 0.1) is 27.2 Å². The summed E-state index contributed by atoms with van der Waals surface area (Å²) in [4.78, 5) is 20.9. The molecule has 0 aliphatic heterocycles. The van der Waals surface area contributed by atoms with Crippen molar-refractivity contribution >= 4 is 121 Å². The molecule has 4 aromatic heterocycles. The number of hydrogen-bond donors (Lipinski definition) is 2. The number of benzene rings is 10. The molecule has 0 saturated heterocycles. The average Bonchev–Trinajstić information content (AvgIpc) is 4.20. The molecule has 1 atom stereocenters. The monoisotopic (exact) mass is 1020 g/mol. The number of nitrogens with zero attached hydrogens (tertiary/aromatic N) is 4. The topological polar surface area (TPSA) is 194 Å². The molecule has 372 valence electrons. The molecule has 0 saturated carbocycles. The largest absolute Gasteiger partial charge is 0.495 e. The first-order valence-electron chi connectivity index (χ1n) is 23.8.